The Morgan fingerprint density at radius 1 is 1.50 bits per heavy atom. The molecular formula is C16H17BrN3O4-. The Morgan fingerprint density at radius 3 is 2.88 bits per heavy atom. The third kappa shape index (κ3) is 2.90. The van der Waals surface area contributed by atoms with Crippen molar-refractivity contribution in [3.63, 3.8) is 0 Å². The maximum atomic E-state index is 12.3. The zero-order valence-corrected chi connectivity index (χ0v) is 14.7. The van der Waals surface area contributed by atoms with Gasteiger partial charge in [0.2, 0.25) is 5.91 Å². The van der Waals surface area contributed by atoms with E-state index in [4.69, 9.17) is 0 Å². The molecule has 0 heterocycles. The second kappa shape index (κ2) is 6.16. The molecule has 2 saturated carbocycles. The standard InChI is InChI=1S/C16H18BrN3O4/c1-16-5-3-2-4-11(16)13(16)15(22)19-18-8-9-6-10(17)7-12(14(9)21)20(23)24/h6-8,11,13,21H,2-5H2,1H3,(H,19,22)/p-1/b18-8-/t11-,13-,16-/m1/s1. The van der Waals surface area contributed by atoms with Crippen LogP contribution in [0.5, 0.6) is 5.75 Å². The number of carbonyl (C=O) groups excluding carboxylic acids is 1. The number of hydrogen-bond acceptors (Lipinski definition) is 5. The fraction of sp³-hybridized carbons (Fsp3) is 0.500. The minimum absolute atomic E-state index is 0.0271. The molecule has 1 amide bonds. The largest absolute Gasteiger partial charge is 0.867 e. The summed E-state index contributed by atoms with van der Waals surface area (Å²) >= 11 is 3.13. The molecule has 1 aromatic carbocycles. The van der Waals surface area contributed by atoms with Crippen molar-refractivity contribution < 1.29 is 14.8 Å². The molecule has 0 saturated heterocycles. The molecule has 0 aliphatic heterocycles. The van der Waals surface area contributed by atoms with Gasteiger partial charge in [-0.1, -0.05) is 35.7 Å². The molecule has 24 heavy (non-hydrogen) atoms. The quantitative estimate of drug-likeness (QED) is 0.480. The van der Waals surface area contributed by atoms with Gasteiger partial charge in [0.25, 0.3) is 5.69 Å². The van der Waals surface area contributed by atoms with Crippen LogP contribution in [-0.4, -0.2) is 17.0 Å². The van der Waals surface area contributed by atoms with Crippen molar-refractivity contribution in [2.45, 2.75) is 32.6 Å². The predicted molar refractivity (Wildman–Crippen MR) is 89.5 cm³/mol. The predicted octanol–water partition coefficient (Wildman–Crippen LogP) is 2.71. The van der Waals surface area contributed by atoms with Gasteiger partial charge in [-0.3, -0.25) is 14.9 Å². The fourth-order valence-electron chi connectivity index (χ4n) is 3.92. The summed E-state index contributed by atoms with van der Waals surface area (Å²) in [6.45, 7) is 2.14. The van der Waals surface area contributed by atoms with Gasteiger partial charge in [0.1, 0.15) is 0 Å². The van der Waals surface area contributed by atoms with Gasteiger partial charge in [-0.15, -0.1) is 0 Å². The molecule has 3 rings (SSSR count). The highest BCUT2D eigenvalue weighted by Gasteiger charge is 2.64. The van der Waals surface area contributed by atoms with Crippen LogP contribution in [-0.2, 0) is 4.79 Å². The number of carbonyl (C=O) groups is 1. The first-order chi connectivity index (χ1) is 11.3. The minimum atomic E-state index is -0.737. The fourth-order valence-corrected chi connectivity index (χ4v) is 4.38. The maximum absolute atomic E-state index is 12.3. The molecular weight excluding hydrogens is 378 g/mol. The van der Waals surface area contributed by atoms with Crippen molar-refractivity contribution in [1.82, 2.24) is 5.43 Å². The van der Waals surface area contributed by atoms with Crippen molar-refractivity contribution in [3.8, 4) is 5.75 Å². The monoisotopic (exact) mass is 394 g/mol. The van der Waals surface area contributed by atoms with E-state index in [1.807, 2.05) is 0 Å². The highest BCUT2D eigenvalue weighted by molar-refractivity contribution is 9.10. The molecule has 1 N–H and O–H groups in total. The number of fused-ring (bicyclic) bond motifs is 1. The molecule has 0 aromatic heterocycles. The van der Waals surface area contributed by atoms with Crippen molar-refractivity contribution in [2.75, 3.05) is 0 Å². The van der Waals surface area contributed by atoms with Gasteiger partial charge in [0.15, 0.2) is 0 Å². The van der Waals surface area contributed by atoms with Gasteiger partial charge in [-0.2, -0.15) is 5.10 Å². The topological polar surface area (TPSA) is 108 Å². The Hall–Kier alpha value is -1.96. The molecule has 7 nitrogen and oxygen atoms in total. The molecule has 0 spiro atoms. The number of amides is 1. The van der Waals surface area contributed by atoms with Gasteiger partial charge in [0, 0.05) is 16.5 Å². The zero-order chi connectivity index (χ0) is 17.5. The van der Waals surface area contributed by atoms with E-state index in [1.165, 1.54) is 6.07 Å². The number of nitrogens with zero attached hydrogens (tertiary/aromatic N) is 2. The van der Waals surface area contributed by atoms with E-state index >= 15 is 0 Å². The van der Waals surface area contributed by atoms with Gasteiger partial charge in [-0.05, 0) is 41.6 Å². The molecule has 0 unspecified atom stereocenters. The molecule has 2 aliphatic rings. The van der Waals surface area contributed by atoms with Crippen LogP contribution in [0.1, 0.15) is 38.2 Å². The van der Waals surface area contributed by atoms with Gasteiger partial charge >= 0.3 is 0 Å². The van der Waals surface area contributed by atoms with Gasteiger partial charge < -0.3 is 5.11 Å². The lowest BCUT2D eigenvalue weighted by Crippen LogP contribution is -2.22. The van der Waals surface area contributed by atoms with Crippen molar-refractivity contribution >= 4 is 33.7 Å². The van der Waals surface area contributed by atoms with E-state index in [0.29, 0.717) is 10.4 Å². The molecule has 0 bridgehead atoms. The molecule has 3 atom stereocenters. The summed E-state index contributed by atoms with van der Waals surface area (Å²) in [5.41, 5.74) is 2.08. The Morgan fingerprint density at radius 2 is 2.25 bits per heavy atom. The lowest BCUT2D eigenvalue weighted by molar-refractivity contribution is -0.398. The first-order valence-electron chi connectivity index (χ1n) is 7.82. The summed E-state index contributed by atoms with van der Waals surface area (Å²) < 4.78 is 0.405. The summed E-state index contributed by atoms with van der Waals surface area (Å²) in [5.74, 6) is -0.477. The zero-order valence-electron chi connectivity index (χ0n) is 13.1. The molecule has 0 radical (unpaired) electrons. The van der Waals surface area contributed by atoms with Gasteiger partial charge in [0.05, 0.1) is 11.1 Å². The van der Waals surface area contributed by atoms with E-state index in [0.717, 1.165) is 38.0 Å². The van der Waals surface area contributed by atoms with Crippen molar-refractivity contribution in [2.24, 2.45) is 22.4 Å². The summed E-state index contributed by atoms with van der Waals surface area (Å²) in [6.07, 6.45) is 5.60. The maximum Gasteiger partial charge on any atom is 0.263 e. The highest BCUT2D eigenvalue weighted by atomic mass is 79.9. The normalized spacial score (nSPS) is 28.4. The lowest BCUT2D eigenvalue weighted by atomic mass is 9.90. The third-order valence-corrected chi connectivity index (χ3v) is 5.71. The second-order valence-corrected chi connectivity index (χ2v) is 7.59. The number of rotatable bonds is 4. The number of benzene rings is 1. The van der Waals surface area contributed by atoms with Crippen LogP contribution in [0.15, 0.2) is 21.7 Å². The number of hydrazone groups is 1. The van der Waals surface area contributed by atoms with Crippen LogP contribution < -0.4 is 10.5 Å². The number of hydrogen-bond donors (Lipinski definition) is 1. The summed E-state index contributed by atoms with van der Waals surface area (Å²) in [6, 6.07) is 2.58. The van der Waals surface area contributed by atoms with Crippen molar-refractivity contribution in [1.29, 1.82) is 0 Å². The van der Waals surface area contributed by atoms with E-state index in [1.54, 1.807) is 0 Å². The Balaban J connectivity index is 1.69. The van der Waals surface area contributed by atoms with Crippen LogP contribution in [0, 0.1) is 27.4 Å². The minimum Gasteiger partial charge on any atom is -0.867 e. The summed E-state index contributed by atoms with van der Waals surface area (Å²) in [4.78, 5) is 22.4. The molecule has 1 aromatic rings. The third-order valence-electron chi connectivity index (χ3n) is 5.25. The Kier molecular flexibility index (Phi) is 4.33. The Labute approximate surface area is 147 Å². The first kappa shape index (κ1) is 16.9. The van der Waals surface area contributed by atoms with Crippen molar-refractivity contribution in [3.05, 3.63) is 32.3 Å². The Bertz CT molecular complexity index is 736. The van der Waals surface area contributed by atoms with Crippen LogP contribution in [0.4, 0.5) is 5.69 Å². The molecule has 8 heteroatoms. The van der Waals surface area contributed by atoms with E-state index < -0.39 is 16.4 Å². The van der Waals surface area contributed by atoms with Crippen LogP contribution >= 0.6 is 15.9 Å². The van der Waals surface area contributed by atoms with E-state index in [-0.39, 0.29) is 22.8 Å². The number of nitro benzene ring substituents is 1. The second-order valence-electron chi connectivity index (χ2n) is 6.67. The summed E-state index contributed by atoms with van der Waals surface area (Å²) in [5, 5.41) is 26.7. The van der Waals surface area contributed by atoms with Crippen LogP contribution in [0.25, 0.3) is 0 Å². The number of nitrogens with one attached hydrogen (secondary N) is 1. The number of halogens is 1. The molecule has 2 fully saturated rings. The SMILES string of the molecule is C[C@@]12CCCC[C@@H]1[C@@H]2C(=O)N/N=C\c1cc(Br)cc([N+](=O)[O-])c1[O-]. The average Bonchev–Trinajstić information content (AvgIpc) is 3.15. The highest BCUT2D eigenvalue weighted by Crippen LogP contribution is 2.66. The van der Waals surface area contributed by atoms with E-state index in [2.05, 4.69) is 33.4 Å². The lowest BCUT2D eigenvalue weighted by Gasteiger charge is -2.15. The molecule has 128 valence electrons. The van der Waals surface area contributed by atoms with E-state index in [9.17, 15) is 20.0 Å². The van der Waals surface area contributed by atoms with Crippen LogP contribution in [0.3, 0.4) is 0 Å². The van der Waals surface area contributed by atoms with Crippen LogP contribution in [0.2, 0.25) is 0 Å². The number of nitro groups is 1. The van der Waals surface area contributed by atoms with Gasteiger partial charge in [-0.25, -0.2) is 5.43 Å². The first-order valence-corrected chi connectivity index (χ1v) is 8.62. The molecule has 2 aliphatic carbocycles. The summed E-state index contributed by atoms with van der Waals surface area (Å²) in [7, 11) is 0. The average molecular weight is 395 g/mol. The smallest absolute Gasteiger partial charge is 0.263 e.